The minimum Gasteiger partial charge on any atom is -0.352 e. The van der Waals surface area contributed by atoms with Gasteiger partial charge in [0.1, 0.15) is 0 Å². The van der Waals surface area contributed by atoms with Gasteiger partial charge in [-0.15, -0.1) is 0 Å². The summed E-state index contributed by atoms with van der Waals surface area (Å²) in [4.78, 5) is 11.7. The lowest BCUT2D eigenvalue weighted by Crippen LogP contribution is -2.46. The molecule has 3 nitrogen and oxygen atoms in total. The molecule has 2 rings (SSSR count). The molecule has 0 aromatic heterocycles. The highest BCUT2D eigenvalue weighted by Crippen LogP contribution is 2.12. The lowest BCUT2D eigenvalue weighted by Gasteiger charge is -2.23. The van der Waals surface area contributed by atoms with E-state index < -0.39 is 11.6 Å². The first-order valence-electron chi connectivity index (χ1n) is 6.10. The molecule has 1 aliphatic heterocycles. The van der Waals surface area contributed by atoms with Crippen LogP contribution in [0.1, 0.15) is 18.4 Å². The minimum absolute atomic E-state index is 0.0860. The van der Waals surface area contributed by atoms with Gasteiger partial charge in [0.2, 0.25) is 5.91 Å². The first-order chi connectivity index (χ1) is 8.66. The topological polar surface area (TPSA) is 41.1 Å². The van der Waals surface area contributed by atoms with E-state index in [0.717, 1.165) is 32.0 Å². The zero-order valence-corrected chi connectivity index (χ0v) is 10.0. The van der Waals surface area contributed by atoms with Crippen molar-refractivity contribution in [3.63, 3.8) is 0 Å². The van der Waals surface area contributed by atoms with Crippen molar-refractivity contribution >= 4 is 5.91 Å². The normalized spacial score (nSPS) is 19.6. The molecule has 1 aromatic carbocycles. The fourth-order valence-corrected chi connectivity index (χ4v) is 2.11. The third-order valence-electron chi connectivity index (χ3n) is 3.04. The Morgan fingerprint density at radius 3 is 3.00 bits per heavy atom. The third kappa shape index (κ3) is 3.26. The first kappa shape index (κ1) is 13.0. The largest absolute Gasteiger partial charge is 0.352 e. The molecule has 1 fully saturated rings. The van der Waals surface area contributed by atoms with Gasteiger partial charge >= 0.3 is 0 Å². The van der Waals surface area contributed by atoms with Crippen LogP contribution in [-0.2, 0) is 11.2 Å². The minimum atomic E-state index is -0.936. The molecule has 1 heterocycles. The van der Waals surface area contributed by atoms with Crippen molar-refractivity contribution in [3.05, 3.63) is 35.4 Å². The number of benzene rings is 1. The molecular formula is C13H16F2N2O. The van der Waals surface area contributed by atoms with Gasteiger partial charge in [-0.2, -0.15) is 0 Å². The van der Waals surface area contributed by atoms with Crippen molar-refractivity contribution in [1.82, 2.24) is 10.6 Å². The molecule has 5 heteroatoms. The molecule has 18 heavy (non-hydrogen) atoms. The van der Waals surface area contributed by atoms with Gasteiger partial charge < -0.3 is 10.6 Å². The molecule has 0 spiro atoms. The van der Waals surface area contributed by atoms with Crippen LogP contribution in [0, 0.1) is 11.6 Å². The smallest absolute Gasteiger partial charge is 0.224 e. The van der Waals surface area contributed by atoms with Crippen molar-refractivity contribution in [1.29, 1.82) is 0 Å². The average molecular weight is 254 g/mol. The van der Waals surface area contributed by atoms with Crippen LogP contribution in [0.15, 0.2) is 18.2 Å². The van der Waals surface area contributed by atoms with Crippen LogP contribution in [0.3, 0.4) is 0 Å². The van der Waals surface area contributed by atoms with E-state index in [4.69, 9.17) is 0 Å². The van der Waals surface area contributed by atoms with E-state index in [1.54, 1.807) is 0 Å². The van der Waals surface area contributed by atoms with Crippen LogP contribution in [-0.4, -0.2) is 25.0 Å². The highest BCUT2D eigenvalue weighted by Gasteiger charge is 2.17. The summed E-state index contributed by atoms with van der Waals surface area (Å²) in [7, 11) is 0. The van der Waals surface area contributed by atoms with E-state index in [0.29, 0.717) is 0 Å². The first-order valence-corrected chi connectivity index (χ1v) is 6.10. The standard InChI is InChI=1S/C13H16F2N2O/c14-11-5-1-3-9(13(11)15)7-12(18)17-10-4-2-6-16-8-10/h1,3,5,10,16H,2,4,6-8H2,(H,17,18)/t10-/m1/s1. The second-order valence-electron chi connectivity index (χ2n) is 4.50. The summed E-state index contributed by atoms with van der Waals surface area (Å²) in [6.07, 6.45) is 1.81. The molecule has 1 amide bonds. The van der Waals surface area contributed by atoms with Gasteiger partial charge in [-0.1, -0.05) is 12.1 Å². The SMILES string of the molecule is O=C(Cc1cccc(F)c1F)N[C@@H]1CCCNC1. The quantitative estimate of drug-likeness (QED) is 0.855. The Labute approximate surface area is 105 Å². The van der Waals surface area contributed by atoms with E-state index in [9.17, 15) is 13.6 Å². The number of halogens is 2. The molecule has 98 valence electrons. The van der Waals surface area contributed by atoms with Crippen LogP contribution < -0.4 is 10.6 Å². The molecule has 0 saturated carbocycles. The summed E-state index contributed by atoms with van der Waals surface area (Å²) < 4.78 is 26.3. The summed E-state index contributed by atoms with van der Waals surface area (Å²) in [5.74, 6) is -2.12. The van der Waals surface area contributed by atoms with Gasteiger partial charge in [-0.05, 0) is 25.5 Å². The Balaban J connectivity index is 1.92. The van der Waals surface area contributed by atoms with Crippen LogP contribution in [0.2, 0.25) is 0 Å². The van der Waals surface area contributed by atoms with E-state index in [-0.39, 0.29) is 23.9 Å². The molecule has 1 aliphatic rings. The molecule has 0 aliphatic carbocycles. The zero-order chi connectivity index (χ0) is 13.0. The van der Waals surface area contributed by atoms with E-state index in [2.05, 4.69) is 10.6 Å². The van der Waals surface area contributed by atoms with Gasteiger partial charge in [0.15, 0.2) is 11.6 Å². The Morgan fingerprint density at radius 2 is 2.28 bits per heavy atom. The number of piperidine rings is 1. The van der Waals surface area contributed by atoms with Crippen molar-refractivity contribution in [3.8, 4) is 0 Å². The summed E-state index contributed by atoms with van der Waals surface area (Å²) in [6, 6.07) is 3.96. The lowest BCUT2D eigenvalue weighted by molar-refractivity contribution is -0.121. The Bertz CT molecular complexity index is 431. The van der Waals surface area contributed by atoms with Crippen LogP contribution in [0.4, 0.5) is 8.78 Å². The summed E-state index contributed by atoms with van der Waals surface area (Å²) >= 11 is 0. The number of hydrogen-bond acceptors (Lipinski definition) is 2. The zero-order valence-electron chi connectivity index (χ0n) is 10.0. The third-order valence-corrected chi connectivity index (χ3v) is 3.04. The fourth-order valence-electron chi connectivity index (χ4n) is 2.11. The number of carbonyl (C=O) groups excluding carboxylic acids is 1. The van der Waals surface area contributed by atoms with Crippen molar-refractivity contribution in [2.45, 2.75) is 25.3 Å². The second kappa shape index (κ2) is 5.91. The number of carbonyl (C=O) groups is 1. The lowest BCUT2D eigenvalue weighted by atomic mass is 10.1. The molecule has 0 radical (unpaired) electrons. The van der Waals surface area contributed by atoms with Crippen LogP contribution in [0.5, 0.6) is 0 Å². The van der Waals surface area contributed by atoms with E-state index >= 15 is 0 Å². The highest BCUT2D eigenvalue weighted by atomic mass is 19.2. The van der Waals surface area contributed by atoms with Gasteiger partial charge in [0.05, 0.1) is 6.42 Å². The Kier molecular flexibility index (Phi) is 4.25. The molecule has 0 unspecified atom stereocenters. The molecular weight excluding hydrogens is 238 g/mol. The maximum absolute atomic E-state index is 13.4. The molecule has 1 aromatic rings. The number of rotatable bonds is 3. The fraction of sp³-hybridized carbons (Fsp3) is 0.462. The molecule has 1 saturated heterocycles. The number of amides is 1. The maximum Gasteiger partial charge on any atom is 0.224 e. The van der Waals surface area contributed by atoms with Crippen molar-refractivity contribution in [2.24, 2.45) is 0 Å². The maximum atomic E-state index is 13.4. The van der Waals surface area contributed by atoms with Crippen molar-refractivity contribution in [2.75, 3.05) is 13.1 Å². The Morgan fingerprint density at radius 1 is 1.44 bits per heavy atom. The Hall–Kier alpha value is -1.49. The van der Waals surface area contributed by atoms with Gasteiger partial charge in [-0.3, -0.25) is 4.79 Å². The predicted octanol–water partition coefficient (Wildman–Crippen LogP) is 1.38. The predicted molar refractivity (Wildman–Crippen MR) is 64.1 cm³/mol. The summed E-state index contributed by atoms with van der Waals surface area (Å²) in [5.41, 5.74) is 0.0938. The van der Waals surface area contributed by atoms with Crippen LogP contribution in [0.25, 0.3) is 0 Å². The molecule has 0 bridgehead atoms. The summed E-state index contributed by atoms with van der Waals surface area (Å²) in [6.45, 7) is 1.70. The number of nitrogens with one attached hydrogen (secondary N) is 2. The van der Waals surface area contributed by atoms with Gasteiger partial charge in [0.25, 0.3) is 0 Å². The van der Waals surface area contributed by atoms with Crippen molar-refractivity contribution < 1.29 is 13.6 Å². The van der Waals surface area contributed by atoms with Gasteiger partial charge in [0, 0.05) is 18.2 Å². The van der Waals surface area contributed by atoms with Gasteiger partial charge in [-0.25, -0.2) is 8.78 Å². The number of hydrogen-bond donors (Lipinski definition) is 2. The monoisotopic (exact) mass is 254 g/mol. The molecule has 2 N–H and O–H groups in total. The summed E-state index contributed by atoms with van der Waals surface area (Å²) in [5, 5.41) is 6.00. The van der Waals surface area contributed by atoms with E-state index in [1.807, 2.05) is 0 Å². The van der Waals surface area contributed by atoms with E-state index in [1.165, 1.54) is 12.1 Å². The highest BCUT2D eigenvalue weighted by molar-refractivity contribution is 5.78. The second-order valence-corrected chi connectivity index (χ2v) is 4.50. The average Bonchev–Trinajstić information content (AvgIpc) is 2.36. The van der Waals surface area contributed by atoms with Crippen LogP contribution >= 0.6 is 0 Å². The molecule has 1 atom stereocenters.